The van der Waals surface area contributed by atoms with Crippen molar-refractivity contribution in [1.29, 1.82) is 0 Å². The van der Waals surface area contributed by atoms with Crippen LogP contribution in [0.4, 0.5) is 5.82 Å². The van der Waals surface area contributed by atoms with Gasteiger partial charge in [0, 0.05) is 25.6 Å². The fourth-order valence-electron chi connectivity index (χ4n) is 3.33. The highest BCUT2D eigenvalue weighted by atomic mass is 15.3. The molecule has 1 N–H and O–H groups in total. The smallest absolute Gasteiger partial charge is 0.151 e. The molecule has 1 saturated heterocycles. The third kappa shape index (κ3) is 2.66. The van der Waals surface area contributed by atoms with Crippen LogP contribution in [0.2, 0.25) is 0 Å². The van der Waals surface area contributed by atoms with Crippen LogP contribution in [0.5, 0.6) is 0 Å². The Kier molecular flexibility index (Phi) is 3.34. The predicted molar refractivity (Wildman–Crippen MR) is 80.0 cm³/mol. The molecule has 108 valence electrons. The fraction of sp³-hybridized carbons (Fsp3) is 0.750. The molecule has 0 radical (unpaired) electrons. The second-order valence-corrected chi connectivity index (χ2v) is 6.75. The fourth-order valence-corrected chi connectivity index (χ4v) is 3.33. The monoisotopic (exact) mass is 272 g/mol. The van der Waals surface area contributed by atoms with Crippen LogP contribution >= 0.6 is 0 Å². The zero-order chi connectivity index (χ0) is 13.4. The van der Waals surface area contributed by atoms with E-state index in [2.05, 4.69) is 26.5 Å². The molecule has 0 amide bonds. The van der Waals surface area contributed by atoms with Crippen molar-refractivity contribution < 1.29 is 0 Å². The molecule has 4 heteroatoms. The summed E-state index contributed by atoms with van der Waals surface area (Å²) in [5, 5.41) is 12.5. The lowest BCUT2D eigenvalue weighted by atomic mass is 9.95. The number of hydrogen-bond acceptors (Lipinski definition) is 4. The lowest BCUT2D eigenvalue weighted by Gasteiger charge is -2.40. The maximum absolute atomic E-state index is 4.43. The van der Waals surface area contributed by atoms with Gasteiger partial charge in [-0.25, -0.2) is 0 Å². The minimum Gasteiger partial charge on any atom is -0.354 e. The topological polar surface area (TPSA) is 41.0 Å². The summed E-state index contributed by atoms with van der Waals surface area (Å²) in [5.41, 5.74) is 2.68. The van der Waals surface area contributed by atoms with Crippen molar-refractivity contribution in [2.75, 3.05) is 31.1 Å². The molecule has 0 unspecified atom stereocenters. The molecule has 4 rings (SSSR count). The molecule has 0 bridgehead atoms. The molecular weight excluding hydrogens is 248 g/mol. The third-order valence-corrected chi connectivity index (χ3v) is 4.90. The van der Waals surface area contributed by atoms with E-state index >= 15 is 0 Å². The van der Waals surface area contributed by atoms with Gasteiger partial charge in [-0.2, -0.15) is 5.10 Å². The Bertz CT molecular complexity index is 477. The summed E-state index contributed by atoms with van der Waals surface area (Å²) in [4.78, 5) is 2.38. The van der Waals surface area contributed by atoms with Gasteiger partial charge in [0.2, 0.25) is 0 Å². The first kappa shape index (κ1) is 12.6. The molecule has 1 aromatic heterocycles. The molecule has 2 heterocycles. The quantitative estimate of drug-likeness (QED) is 0.887. The molecule has 1 saturated carbocycles. The molecule has 3 aliphatic rings. The maximum Gasteiger partial charge on any atom is 0.151 e. The van der Waals surface area contributed by atoms with Gasteiger partial charge in [-0.15, -0.1) is 5.10 Å². The molecule has 0 spiro atoms. The number of nitrogens with one attached hydrogen (secondary N) is 1. The second-order valence-electron chi connectivity index (χ2n) is 6.75. The minimum atomic E-state index is 0.798. The number of anilines is 1. The van der Waals surface area contributed by atoms with E-state index in [1.807, 2.05) is 0 Å². The predicted octanol–water partition coefficient (Wildman–Crippen LogP) is 1.79. The van der Waals surface area contributed by atoms with Crippen LogP contribution in [-0.2, 0) is 12.8 Å². The zero-order valence-corrected chi connectivity index (χ0v) is 12.1. The summed E-state index contributed by atoms with van der Waals surface area (Å²) in [6.07, 6.45) is 7.78. The Morgan fingerprint density at radius 2 is 1.85 bits per heavy atom. The average molecular weight is 272 g/mol. The number of rotatable bonds is 5. The van der Waals surface area contributed by atoms with E-state index < -0.39 is 0 Å². The van der Waals surface area contributed by atoms with Gasteiger partial charge in [0.05, 0.1) is 5.69 Å². The van der Waals surface area contributed by atoms with Crippen molar-refractivity contribution in [1.82, 2.24) is 15.5 Å². The van der Waals surface area contributed by atoms with Gasteiger partial charge in [-0.3, -0.25) is 0 Å². The molecule has 1 aromatic rings. The summed E-state index contributed by atoms with van der Waals surface area (Å²) >= 11 is 0. The number of fused-ring (bicyclic) bond motifs is 1. The largest absolute Gasteiger partial charge is 0.354 e. The van der Waals surface area contributed by atoms with Gasteiger partial charge in [0.25, 0.3) is 0 Å². The van der Waals surface area contributed by atoms with E-state index in [9.17, 15) is 0 Å². The van der Waals surface area contributed by atoms with Crippen LogP contribution in [0.1, 0.15) is 36.9 Å². The summed E-state index contributed by atoms with van der Waals surface area (Å²) in [6, 6.07) is 2.29. The summed E-state index contributed by atoms with van der Waals surface area (Å²) in [5.74, 6) is 2.88. The van der Waals surface area contributed by atoms with Crippen molar-refractivity contribution in [3.63, 3.8) is 0 Å². The van der Waals surface area contributed by atoms with Crippen LogP contribution in [0.3, 0.4) is 0 Å². The number of aromatic nitrogens is 2. The highest BCUT2D eigenvalue weighted by molar-refractivity contribution is 5.44. The second kappa shape index (κ2) is 5.32. The van der Waals surface area contributed by atoms with Gasteiger partial charge < -0.3 is 10.2 Å². The molecular formula is C16H24N4. The number of hydrogen-bond donors (Lipinski definition) is 1. The van der Waals surface area contributed by atoms with E-state index in [1.165, 1.54) is 56.5 Å². The zero-order valence-electron chi connectivity index (χ0n) is 12.1. The summed E-state index contributed by atoms with van der Waals surface area (Å²) < 4.78 is 0. The van der Waals surface area contributed by atoms with Gasteiger partial charge >= 0.3 is 0 Å². The highest BCUT2D eigenvalue weighted by Crippen LogP contribution is 2.28. The van der Waals surface area contributed by atoms with Crippen LogP contribution in [0.25, 0.3) is 0 Å². The molecule has 0 aromatic carbocycles. The molecule has 2 aliphatic carbocycles. The van der Waals surface area contributed by atoms with E-state index in [4.69, 9.17) is 0 Å². The van der Waals surface area contributed by atoms with Gasteiger partial charge in [0.15, 0.2) is 5.82 Å². The Hall–Kier alpha value is -1.16. The SMILES string of the molecule is c1c(N2CC(CNCC3CC3)C2)nnc2c1CCCC2. The van der Waals surface area contributed by atoms with Crippen LogP contribution in [0, 0.1) is 11.8 Å². The molecule has 0 atom stereocenters. The Balaban J connectivity index is 1.29. The molecule has 20 heavy (non-hydrogen) atoms. The van der Waals surface area contributed by atoms with Crippen molar-refractivity contribution in [2.45, 2.75) is 38.5 Å². The Morgan fingerprint density at radius 3 is 2.70 bits per heavy atom. The third-order valence-electron chi connectivity index (χ3n) is 4.90. The Labute approximate surface area is 121 Å². The number of aryl methyl sites for hydroxylation is 2. The van der Waals surface area contributed by atoms with Crippen molar-refractivity contribution >= 4 is 5.82 Å². The van der Waals surface area contributed by atoms with Crippen LogP contribution in [-0.4, -0.2) is 36.4 Å². The first-order chi connectivity index (χ1) is 9.88. The van der Waals surface area contributed by atoms with Crippen LogP contribution < -0.4 is 10.2 Å². The van der Waals surface area contributed by atoms with Gasteiger partial charge in [-0.05, 0) is 62.6 Å². The Morgan fingerprint density at radius 1 is 1.05 bits per heavy atom. The lowest BCUT2D eigenvalue weighted by Crippen LogP contribution is -2.51. The first-order valence-corrected chi connectivity index (χ1v) is 8.19. The van der Waals surface area contributed by atoms with Gasteiger partial charge in [-0.1, -0.05) is 0 Å². The normalized spacial score (nSPS) is 22.5. The number of nitrogens with zero attached hydrogens (tertiary/aromatic N) is 3. The standard InChI is InChI=1S/C16H24N4/c1-2-4-15-14(3-1)7-16(19-18-15)20-10-13(11-20)9-17-8-12-5-6-12/h7,12-13,17H,1-6,8-11H2. The molecule has 2 fully saturated rings. The molecule has 1 aliphatic heterocycles. The van der Waals surface area contributed by atoms with Crippen molar-refractivity contribution in [3.05, 3.63) is 17.3 Å². The summed E-state index contributed by atoms with van der Waals surface area (Å²) in [6.45, 7) is 4.69. The van der Waals surface area contributed by atoms with E-state index in [1.54, 1.807) is 0 Å². The van der Waals surface area contributed by atoms with Crippen molar-refractivity contribution in [3.8, 4) is 0 Å². The first-order valence-electron chi connectivity index (χ1n) is 8.19. The maximum atomic E-state index is 4.43. The molecule has 4 nitrogen and oxygen atoms in total. The van der Waals surface area contributed by atoms with Crippen LogP contribution in [0.15, 0.2) is 6.07 Å². The van der Waals surface area contributed by atoms with Gasteiger partial charge in [0.1, 0.15) is 0 Å². The minimum absolute atomic E-state index is 0.798. The highest BCUT2D eigenvalue weighted by Gasteiger charge is 2.29. The summed E-state index contributed by atoms with van der Waals surface area (Å²) in [7, 11) is 0. The van der Waals surface area contributed by atoms with E-state index in [0.29, 0.717) is 0 Å². The average Bonchev–Trinajstić information content (AvgIpc) is 3.25. The lowest BCUT2D eigenvalue weighted by molar-refractivity contribution is 0.379. The van der Waals surface area contributed by atoms with Crippen molar-refractivity contribution in [2.24, 2.45) is 11.8 Å². The van der Waals surface area contributed by atoms with E-state index in [0.717, 1.165) is 37.2 Å². The van der Waals surface area contributed by atoms with E-state index in [-0.39, 0.29) is 0 Å².